The van der Waals surface area contributed by atoms with Gasteiger partial charge in [0.25, 0.3) is 10.0 Å². The van der Waals surface area contributed by atoms with Crippen LogP contribution in [0.2, 0.25) is 0 Å². The Bertz CT molecular complexity index is 841. The van der Waals surface area contributed by atoms with Crippen molar-refractivity contribution in [3.05, 3.63) is 42.4 Å². The monoisotopic (exact) mass is 305 g/mol. The summed E-state index contributed by atoms with van der Waals surface area (Å²) in [7, 11) is -3.67. The van der Waals surface area contributed by atoms with Gasteiger partial charge < -0.3 is 0 Å². The lowest BCUT2D eigenvalue weighted by molar-refractivity contribution is 0.597. The number of H-pyrrole nitrogens is 1. The highest BCUT2D eigenvalue weighted by molar-refractivity contribution is 7.92. The lowest BCUT2D eigenvalue weighted by Crippen LogP contribution is -2.13. The summed E-state index contributed by atoms with van der Waals surface area (Å²) in [6.07, 6.45) is 2.84. The third-order valence-electron chi connectivity index (χ3n) is 2.81. The molecular formula is C11H11N7O2S. The lowest BCUT2D eigenvalue weighted by atomic mass is 10.2. The van der Waals surface area contributed by atoms with Crippen LogP contribution < -0.4 is 4.72 Å². The number of aryl methyl sites for hydroxylation is 1. The third-order valence-corrected chi connectivity index (χ3v) is 4.12. The van der Waals surface area contributed by atoms with Gasteiger partial charge in [-0.15, -0.1) is 5.10 Å². The van der Waals surface area contributed by atoms with Gasteiger partial charge >= 0.3 is 0 Å². The number of tetrazole rings is 1. The van der Waals surface area contributed by atoms with E-state index in [4.69, 9.17) is 0 Å². The molecule has 0 aliphatic heterocycles. The first kappa shape index (κ1) is 13.2. The Hall–Kier alpha value is -2.75. The SMILES string of the molecule is Cc1cc(NS(=O)(=O)c2ccn[nH]2)ccc1-n1cnnn1. The highest BCUT2D eigenvalue weighted by Crippen LogP contribution is 2.20. The number of benzene rings is 1. The van der Waals surface area contributed by atoms with Gasteiger partial charge in [0.15, 0.2) is 5.03 Å². The molecule has 0 saturated carbocycles. The topological polar surface area (TPSA) is 118 Å². The summed E-state index contributed by atoms with van der Waals surface area (Å²) in [4.78, 5) is 0. The predicted octanol–water partition coefficient (Wildman–Crippen LogP) is 0.495. The van der Waals surface area contributed by atoms with E-state index in [9.17, 15) is 8.42 Å². The van der Waals surface area contributed by atoms with Crippen LogP contribution in [0.1, 0.15) is 5.56 Å². The second kappa shape index (κ2) is 4.98. The summed E-state index contributed by atoms with van der Waals surface area (Å²) in [6.45, 7) is 1.84. The van der Waals surface area contributed by atoms with E-state index >= 15 is 0 Å². The number of anilines is 1. The van der Waals surface area contributed by atoms with E-state index in [0.29, 0.717) is 5.69 Å². The second-order valence-corrected chi connectivity index (χ2v) is 5.93. The standard InChI is InChI=1S/C11H11N7O2S/c1-8-6-9(2-3-10(8)18-7-13-16-17-18)15-21(19,20)11-4-5-12-14-11/h2-7,15H,1H3,(H,12,14). The maximum atomic E-state index is 12.1. The lowest BCUT2D eigenvalue weighted by Gasteiger charge is -2.09. The van der Waals surface area contributed by atoms with E-state index in [2.05, 4.69) is 30.4 Å². The largest absolute Gasteiger partial charge is 0.278 e. The van der Waals surface area contributed by atoms with Gasteiger partial charge in [-0.25, -0.2) is 4.68 Å². The van der Waals surface area contributed by atoms with Gasteiger partial charge in [0.2, 0.25) is 0 Å². The number of nitrogens with zero attached hydrogens (tertiary/aromatic N) is 5. The smallest absolute Gasteiger partial charge is 0.278 e. The van der Waals surface area contributed by atoms with Gasteiger partial charge in [-0.3, -0.25) is 9.82 Å². The maximum absolute atomic E-state index is 12.1. The number of nitrogens with one attached hydrogen (secondary N) is 2. The van der Waals surface area contributed by atoms with Gasteiger partial charge in [-0.2, -0.15) is 13.5 Å². The Morgan fingerprint density at radius 2 is 2.14 bits per heavy atom. The average molecular weight is 305 g/mol. The zero-order valence-electron chi connectivity index (χ0n) is 10.9. The van der Waals surface area contributed by atoms with E-state index in [1.165, 1.54) is 23.3 Å². The summed E-state index contributed by atoms with van der Waals surface area (Å²) >= 11 is 0. The minimum Gasteiger partial charge on any atom is -0.278 e. The molecule has 0 atom stereocenters. The van der Waals surface area contributed by atoms with Crippen LogP contribution >= 0.6 is 0 Å². The third kappa shape index (κ3) is 2.60. The molecule has 3 aromatic rings. The van der Waals surface area contributed by atoms with Crippen molar-refractivity contribution >= 4 is 15.7 Å². The van der Waals surface area contributed by atoms with Crippen molar-refractivity contribution in [3.8, 4) is 5.69 Å². The molecule has 0 fully saturated rings. The molecule has 10 heteroatoms. The summed E-state index contributed by atoms with van der Waals surface area (Å²) in [5.41, 5.74) is 2.04. The summed E-state index contributed by atoms with van der Waals surface area (Å²) in [5, 5.41) is 17.0. The fraction of sp³-hybridized carbons (Fsp3) is 0.0909. The van der Waals surface area contributed by atoms with Gasteiger partial charge in [0, 0.05) is 5.69 Å². The Kier molecular flexibility index (Phi) is 3.14. The molecule has 21 heavy (non-hydrogen) atoms. The molecule has 0 bridgehead atoms. The van der Waals surface area contributed by atoms with Crippen molar-refractivity contribution in [2.24, 2.45) is 0 Å². The minimum atomic E-state index is -3.67. The molecule has 108 valence electrons. The number of hydrogen-bond donors (Lipinski definition) is 2. The number of rotatable bonds is 4. The van der Waals surface area contributed by atoms with E-state index in [0.717, 1.165) is 11.3 Å². The number of hydrogen-bond acceptors (Lipinski definition) is 6. The van der Waals surface area contributed by atoms with Crippen molar-refractivity contribution in [3.63, 3.8) is 0 Å². The fourth-order valence-corrected chi connectivity index (χ4v) is 2.81. The molecule has 0 saturated heterocycles. The van der Waals surface area contributed by atoms with Crippen molar-refractivity contribution in [1.82, 2.24) is 30.4 Å². The Morgan fingerprint density at radius 3 is 2.76 bits per heavy atom. The first-order valence-electron chi connectivity index (χ1n) is 5.92. The van der Waals surface area contributed by atoms with E-state index < -0.39 is 10.0 Å². The van der Waals surface area contributed by atoms with Gasteiger partial charge in [-0.1, -0.05) is 0 Å². The average Bonchev–Trinajstić information content (AvgIpc) is 3.12. The molecule has 2 N–H and O–H groups in total. The molecule has 9 nitrogen and oxygen atoms in total. The minimum absolute atomic E-state index is 0.00436. The van der Waals surface area contributed by atoms with Gasteiger partial charge in [0.05, 0.1) is 11.9 Å². The molecule has 0 radical (unpaired) electrons. The molecular weight excluding hydrogens is 294 g/mol. The van der Waals surface area contributed by atoms with E-state index in [-0.39, 0.29) is 5.03 Å². The van der Waals surface area contributed by atoms with Crippen molar-refractivity contribution in [2.75, 3.05) is 4.72 Å². The second-order valence-electron chi connectivity index (χ2n) is 4.28. The zero-order chi connectivity index (χ0) is 14.9. The van der Waals surface area contributed by atoms with Crippen LogP contribution in [0, 0.1) is 6.92 Å². The first-order valence-corrected chi connectivity index (χ1v) is 7.41. The van der Waals surface area contributed by atoms with Crippen molar-refractivity contribution in [2.45, 2.75) is 11.9 Å². The molecule has 0 unspecified atom stereocenters. The normalized spacial score (nSPS) is 11.5. The molecule has 3 rings (SSSR count). The summed E-state index contributed by atoms with van der Waals surface area (Å²) in [6, 6.07) is 6.45. The molecule has 0 amide bonds. The van der Waals surface area contributed by atoms with Crippen molar-refractivity contribution < 1.29 is 8.42 Å². The molecule has 0 aliphatic carbocycles. The summed E-state index contributed by atoms with van der Waals surface area (Å²) in [5.74, 6) is 0. The van der Waals surface area contributed by atoms with Crippen LogP contribution in [0.4, 0.5) is 5.69 Å². The molecule has 2 aromatic heterocycles. The van der Waals surface area contributed by atoms with Crippen LogP contribution in [0.15, 0.2) is 41.8 Å². The molecule has 2 heterocycles. The zero-order valence-corrected chi connectivity index (χ0v) is 11.7. The Morgan fingerprint density at radius 1 is 1.29 bits per heavy atom. The first-order chi connectivity index (χ1) is 10.1. The van der Waals surface area contributed by atoms with Crippen LogP contribution in [-0.4, -0.2) is 38.8 Å². The highest BCUT2D eigenvalue weighted by atomic mass is 32.2. The number of aromatic nitrogens is 6. The van der Waals surface area contributed by atoms with Crippen LogP contribution in [0.5, 0.6) is 0 Å². The van der Waals surface area contributed by atoms with E-state index in [1.807, 2.05) is 6.92 Å². The molecule has 1 aromatic carbocycles. The molecule has 0 spiro atoms. The quantitative estimate of drug-likeness (QED) is 0.724. The summed E-state index contributed by atoms with van der Waals surface area (Å²) < 4.78 is 28.1. The molecule has 0 aliphatic rings. The van der Waals surface area contributed by atoms with Crippen LogP contribution in [0.25, 0.3) is 5.69 Å². The highest BCUT2D eigenvalue weighted by Gasteiger charge is 2.16. The van der Waals surface area contributed by atoms with Gasteiger partial charge in [0.1, 0.15) is 6.33 Å². The van der Waals surface area contributed by atoms with Crippen LogP contribution in [0.3, 0.4) is 0 Å². The van der Waals surface area contributed by atoms with Crippen LogP contribution in [-0.2, 0) is 10.0 Å². The van der Waals surface area contributed by atoms with Gasteiger partial charge in [-0.05, 0) is 47.2 Å². The Labute approximate surface area is 120 Å². The van der Waals surface area contributed by atoms with E-state index in [1.54, 1.807) is 18.2 Å². The van der Waals surface area contributed by atoms with Crippen molar-refractivity contribution in [1.29, 1.82) is 0 Å². The fourth-order valence-electron chi connectivity index (χ4n) is 1.85. The number of sulfonamides is 1. The number of aromatic amines is 1. The Balaban J connectivity index is 1.90. The predicted molar refractivity (Wildman–Crippen MR) is 73.3 cm³/mol. The maximum Gasteiger partial charge on any atom is 0.278 e.